The lowest BCUT2D eigenvalue weighted by molar-refractivity contribution is 0.0934. The molecule has 0 atom stereocenters. The number of nitrogens with one attached hydrogen (secondary N) is 1. The van der Waals surface area contributed by atoms with Gasteiger partial charge in [0, 0.05) is 22.5 Å². The van der Waals surface area contributed by atoms with Crippen molar-refractivity contribution in [1.29, 1.82) is 0 Å². The van der Waals surface area contributed by atoms with E-state index in [1.165, 1.54) is 0 Å². The number of hydrogen-bond donors (Lipinski definition) is 1. The Morgan fingerprint density at radius 1 is 1.42 bits per heavy atom. The summed E-state index contributed by atoms with van der Waals surface area (Å²) in [6.45, 7) is 6.92. The third-order valence-electron chi connectivity index (χ3n) is 3.13. The Bertz CT molecular complexity index is 446. The zero-order valence-electron chi connectivity index (χ0n) is 11.7. The summed E-state index contributed by atoms with van der Waals surface area (Å²) in [7, 11) is 0. The van der Waals surface area contributed by atoms with Gasteiger partial charge in [0.05, 0.1) is 0 Å². The van der Waals surface area contributed by atoms with Crippen LogP contribution in [0.5, 0.6) is 0 Å². The summed E-state index contributed by atoms with van der Waals surface area (Å²) >= 11 is 9.39. The first-order chi connectivity index (χ1) is 8.85. The maximum Gasteiger partial charge on any atom is 0.251 e. The SMILES string of the molecule is Cc1cc(C(=O)NCC(C)(C)CCCBr)ccc1Cl. The van der Waals surface area contributed by atoms with Gasteiger partial charge in [0.15, 0.2) is 0 Å². The van der Waals surface area contributed by atoms with E-state index in [2.05, 4.69) is 35.1 Å². The molecule has 0 fully saturated rings. The van der Waals surface area contributed by atoms with Crippen molar-refractivity contribution in [3.8, 4) is 0 Å². The fraction of sp³-hybridized carbons (Fsp3) is 0.533. The van der Waals surface area contributed by atoms with Gasteiger partial charge in [-0.25, -0.2) is 0 Å². The lowest BCUT2D eigenvalue weighted by Gasteiger charge is -2.24. The number of carbonyl (C=O) groups excluding carboxylic acids is 1. The van der Waals surface area contributed by atoms with Gasteiger partial charge in [-0.2, -0.15) is 0 Å². The lowest BCUT2D eigenvalue weighted by Crippen LogP contribution is -2.34. The average molecular weight is 347 g/mol. The second-order valence-electron chi connectivity index (χ2n) is 5.60. The Morgan fingerprint density at radius 3 is 2.68 bits per heavy atom. The first-order valence-electron chi connectivity index (χ1n) is 6.46. The molecule has 0 aliphatic heterocycles. The van der Waals surface area contributed by atoms with Crippen LogP contribution in [0.25, 0.3) is 0 Å². The van der Waals surface area contributed by atoms with Crippen molar-refractivity contribution in [1.82, 2.24) is 5.32 Å². The van der Waals surface area contributed by atoms with Crippen molar-refractivity contribution in [2.45, 2.75) is 33.6 Å². The van der Waals surface area contributed by atoms with Crippen LogP contribution < -0.4 is 5.32 Å². The topological polar surface area (TPSA) is 29.1 Å². The first-order valence-corrected chi connectivity index (χ1v) is 7.96. The van der Waals surface area contributed by atoms with E-state index in [0.29, 0.717) is 17.1 Å². The summed E-state index contributed by atoms with van der Waals surface area (Å²) in [6.07, 6.45) is 2.20. The zero-order chi connectivity index (χ0) is 14.5. The molecule has 0 heterocycles. The van der Waals surface area contributed by atoms with E-state index in [9.17, 15) is 4.79 Å². The molecule has 1 aromatic carbocycles. The van der Waals surface area contributed by atoms with Gasteiger partial charge >= 0.3 is 0 Å². The molecule has 0 unspecified atom stereocenters. The predicted octanol–water partition coefficient (Wildman–Crippen LogP) is 4.58. The summed E-state index contributed by atoms with van der Waals surface area (Å²) in [5.74, 6) is -0.0355. The summed E-state index contributed by atoms with van der Waals surface area (Å²) in [5, 5.41) is 4.69. The van der Waals surface area contributed by atoms with E-state index in [-0.39, 0.29) is 11.3 Å². The van der Waals surface area contributed by atoms with Crippen molar-refractivity contribution in [3.05, 3.63) is 34.3 Å². The minimum Gasteiger partial charge on any atom is -0.352 e. The maximum atomic E-state index is 12.1. The molecule has 0 saturated carbocycles. The summed E-state index contributed by atoms with van der Waals surface area (Å²) in [6, 6.07) is 5.35. The summed E-state index contributed by atoms with van der Waals surface area (Å²) in [5.41, 5.74) is 1.70. The van der Waals surface area contributed by atoms with Crippen molar-refractivity contribution >= 4 is 33.4 Å². The molecule has 106 valence electrons. The number of benzene rings is 1. The highest BCUT2D eigenvalue weighted by molar-refractivity contribution is 9.09. The predicted molar refractivity (Wildman–Crippen MR) is 85.3 cm³/mol. The Morgan fingerprint density at radius 2 is 2.11 bits per heavy atom. The van der Waals surface area contributed by atoms with Crippen LogP contribution in [0, 0.1) is 12.3 Å². The van der Waals surface area contributed by atoms with Gasteiger partial charge in [-0.15, -0.1) is 0 Å². The minimum atomic E-state index is -0.0355. The molecule has 0 aliphatic rings. The summed E-state index contributed by atoms with van der Waals surface area (Å²) < 4.78 is 0. The highest BCUT2D eigenvalue weighted by Gasteiger charge is 2.18. The molecule has 0 aliphatic carbocycles. The Hall–Kier alpha value is -0.540. The number of rotatable bonds is 6. The molecule has 0 bridgehead atoms. The number of hydrogen-bond acceptors (Lipinski definition) is 1. The van der Waals surface area contributed by atoms with Crippen LogP contribution in [0.2, 0.25) is 5.02 Å². The number of halogens is 2. The third-order valence-corrected chi connectivity index (χ3v) is 4.12. The van der Waals surface area contributed by atoms with E-state index >= 15 is 0 Å². The number of carbonyl (C=O) groups is 1. The van der Waals surface area contributed by atoms with Gasteiger partial charge < -0.3 is 5.32 Å². The zero-order valence-corrected chi connectivity index (χ0v) is 14.1. The van der Waals surface area contributed by atoms with Crippen LogP contribution >= 0.6 is 27.5 Å². The van der Waals surface area contributed by atoms with Crippen molar-refractivity contribution in [3.63, 3.8) is 0 Å². The summed E-state index contributed by atoms with van der Waals surface area (Å²) in [4.78, 5) is 12.1. The van der Waals surface area contributed by atoms with Crippen LogP contribution in [-0.4, -0.2) is 17.8 Å². The van der Waals surface area contributed by atoms with Crippen molar-refractivity contribution < 1.29 is 4.79 Å². The van der Waals surface area contributed by atoms with Gasteiger partial charge in [0.1, 0.15) is 0 Å². The molecule has 4 heteroatoms. The average Bonchev–Trinajstić information content (AvgIpc) is 2.37. The molecule has 1 amide bonds. The molecule has 0 saturated heterocycles. The molecule has 0 radical (unpaired) electrons. The molecule has 2 nitrogen and oxygen atoms in total. The highest BCUT2D eigenvalue weighted by Crippen LogP contribution is 2.22. The first kappa shape index (κ1) is 16.5. The smallest absolute Gasteiger partial charge is 0.251 e. The molecule has 1 N–H and O–H groups in total. The Labute approximate surface area is 129 Å². The largest absolute Gasteiger partial charge is 0.352 e. The molecule has 19 heavy (non-hydrogen) atoms. The fourth-order valence-electron chi connectivity index (χ4n) is 1.84. The standard InChI is InChI=1S/C15H21BrClNO/c1-11-9-12(5-6-13(11)17)14(19)18-10-15(2,3)7-4-8-16/h5-6,9H,4,7-8,10H2,1-3H3,(H,18,19). The molecular formula is C15H21BrClNO. The highest BCUT2D eigenvalue weighted by atomic mass is 79.9. The van der Waals surface area contributed by atoms with E-state index in [1.54, 1.807) is 12.1 Å². The van der Waals surface area contributed by atoms with Crippen molar-refractivity contribution in [2.24, 2.45) is 5.41 Å². The molecule has 1 rings (SSSR count). The van der Waals surface area contributed by atoms with Gasteiger partial charge in [-0.3, -0.25) is 4.79 Å². The number of alkyl halides is 1. The van der Waals surface area contributed by atoms with Crippen LogP contribution in [0.4, 0.5) is 0 Å². The maximum absolute atomic E-state index is 12.1. The number of aryl methyl sites for hydroxylation is 1. The normalized spacial score (nSPS) is 11.4. The van der Waals surface area contributed by atoms with E-state index < -0.39 is 0 Å². The molecule has 1 aromatic rings. The van der Waals surface area contributed by atoms with Gasteiger partial charge in [-0.1, -0.05) is 41.4 Å². The Balaban J connectivity index is 2.57. The van der Waals surface area contributed by atoms with Gasteiger partial charge in [0.25, 0.3) is 5.91 Å². The van der Waals surface area contributed by atoms with Crippen LogP contribution in [0.3, 0.4) is 0 Å². The second-order valence-corrected chi connectivity index (χ2v) is 6.80. The second kappa shape index (κ2) is 7.30. The molecule has 0 aromatic heterocycles. The van der Waals surface area contributed by atoms with Gasteiger partial charge in [0.2, 0.25) is 0 Å². The lowest BCUT2D eigenvalue weighted by atomic mass is 9.88. The van der Waals surface area contributed by atoms with Crippen LogP contribution in [0.1, 0.15) is 42.6 Å². The molecule has 0 spiro atoms. The Kier molecular flexibility index (Phi) is 6.34. The van der Waals surface area contributed by atoms with Crippen molar-refractivity contribution in [2.75, 3.05) is 11.9 Å². The van der Waals surface area contributed by atoms with E-state index in [0.717, 1.165) is 23.7 Å². The van der Waals surface area contributed by atoms with Crippen LogP contribution in [0.15, 0.2) is 18.2 Å². The minimum absolute atomic E-state index is 0.0355. The monoisotopic (exact) mass is 345 g/mol. The third kappa shape index (κ3) is 5.53. The number of amides is 1. The van der Waals surface area contributed by atoms with E-state index in [4.69, 9.17) is 11.6 Å². The quantitative estimate of drug-likeness (QED) is 0.751. The fourth-order valence-corrected chi connectivity index (χ4v) is 2.24. The molecular weight excluding hydrogens is 326 g/mol. The van der Waals surface area contributed by atoms with Crippen LogP contribution in [-0.2, 0) is 0 Å². The van der Waals surface area contributed by atoms with E-state index in [1.807, 2.05) is 13.0 Å². The van der Waals surface area contributed by atoms with Gasteiger partial charge in [-0.05, 0) is 48.9 Å².